The number of hydrogen-bond donors (Lipinski definition) is 8. The van der Waals surface area contributed by atoms with Crippen LogP contribution in [0, 0.1) is 0 Å². The third-order valence-electron chi connectivity index (χ3n) is 4.02. The molecule has 1 saturated carbocycles. The quantitative estimate of drug-likeness (QED) is 0.0892. The van der Waals surface area contributed by atoms with E-state index >= 15 is 0 Å². The molecule has 0 aromatic carbocycles. The number of phosphoric ester groups is 3. The largest absolute Gasteiger partial charge is 0.470 e. The van der Waals surface area contributed by atoms with Crippen molar-refractivity contribution in [2.45, 2.75) is 69.2 Å². The summed E-state index contributed by atoms with van der Waals surface area (Å²) in [5.74, 6) is -1.02. The van der Waals surface area contributed by atoms with E-state index in [4.69, 9.17) is 34.1 Å². The zero-order valence-corrected chi connectivity index (χ0v) is 18.7. The van der Waals surface area contributed by atoms with Gasteiger partial charge in [-0.2, -0.15) is 0 Å². The number of aliphatic hydroxyl groups excluding tert-OH is 2. The molecule has 0 heterocycles. The molecule has 0 amide bonds. The van der Waals surface area contributed by atoms with Crippen LogP contribution in [0.2, 0.25) is 0 Å². The van der Waals surface area contributed by atoms with E-state index in [9.17, 15) is 28.7 Å². The molecule has 0 spiro atoms. The highest BCUT2D eigenvalue weighted by atomic mass is 31.2. The maximum atomic E-state index is 12.0. The molecule has 0 unspecified atom stereocenters. The maximum Gasteiger partial charge on any atom is 0.470 e. The third kappa shape index (κ3) is 10.0. The van der Waals surface area contributed by atoms with Gasteiger partial charge in [0.2, 0.25) is 0 Å². The molecule has 31 heavy (non-hydrogen) atoms. The Morgan fingerprint density at radius 2 is 1.10 bits per heavy atom. The molecule has 16 nitrogen and oxygen atoms in total. The number of hydrogen-bond acceptors (Lipinski definition) is 10. The second kappa shape index (κ2) is 11.2. The lowest BCUT2D eigenvalue weighted by Gasteiger charge is -2.45. The Balaban J connectivity index is 3.37. The van der Waals surface area contributed by atoms with E-state index in [2.05, 4.69) is 13.6 Å². The fourth-order valence-electron chi connectivity index (χ4n) is 2.86. The van der Waals surface area contributed by atoms with E-state index in [1.807, 2.05) is 6.92 Å². The molecule has 0 bridgehead atoms. The smallest absolute Gasteiger partial charge is 0.457 e. The molecule has 184 valence electrons. The van der Waals surface area contributed by atoms with Crippen molar-refractivity contribution in [2.24, 2.45) is 0 Å². The van der Waals surface area contributed by atoms with Crippen LogP contribution in [-0.2, 0) is 36.8 Å². The van der Waals surface area contributed by atoms with Gasteiger partial charge in [-0.1, -0.05) is 19.8 Å². The number of aliphatic hydroxyl groups is 2. The van der Waals surface area contributed by atoms with Gasteiger partial charge in [-0.15, -0.1) is 0 Å². The monoisotopic (exact) mass is 518 g/mol. The van der Waals surface area contributed by atoms with Crippen LogP contribution in [0.4, 0.5) is 0 Å². The summed E-state index contributed by atoms with van der Waals surface area (Å²) >= 11 is 0. The Hall–Kier alpha value is -0.280. The SMILES string of the molecule is CCCCCC(=O)O[C@@H]1[C@@H](O)[C@H](O)[C@H](OP(=O)(O)O)[C@H](OP(=O)(O)O)[C@H]1OP(=O)(O)O. The summed E-state index contributed by atoms with van der Waals surface area (Å²) < 4.78 is 51.7. The van der Waals surface area contributed by atoms with Crippen molar-refractivity contribution in [3.8, 4) is 0 Å². The molecule has 0 aliphatic heterocycles. The molecular weight excluding hydrogens is 493 g/mol. The van der Waals surface area contributed by atoms with Crippen molar-refractivity contribution in [2.75, 3.05) is 0 Å². The minimum absolute atomic E-state index is 0.220. The van der Waals surface area contributed by atoms with Crippen molar-refractivity contribution < 1.29 is 76.4 Å². The maximum absolute atomic E-state index is 12.0. The highest BCUT2D eigenvalue weighted by Gasteiger charge is 2.58. The van der Waals surface area contributed by atoms with Gasteiger partial charge in [0.1, 0.15) is 30.5 Å². The first-order chi connectivity index (χ1) is 13.9. The van der Waals surface area contributed by atoms with E-state index in [0.29, 0.717) is 12.8 Å². The Labute approximate surface area is 175 Å². The first-order valence-corrected chi connectivity index (χ1v) is 13.3. The second-order valence-corrected chi connectivity index (χ2v) is 10.2. The second-order valence-electron chi connectivity index (χ2n) is 6.57. The van der Waals surface area contributed by atoms with Crippen LogP contribution >= 0.6 is 23.5 Å². The molecule has 0 saturated heterocycles. The van der Waals surface area contributed by atoms with E-state index in [0.717, 1.165) is 6.42 Å². The first-order valence-electron chi connectivity index (χ1n) is 8.72. The molecule has 1 aliphatic carbocycles. The Bertz CT molecular complexity index is 740. The van der Waals surface area contributed by atoms with Gasteiger partial charge >= 0.3 is 29.4 Å². The Kier molecular flexibility index (Phi) is 10.4. The molecule has 0 aromatic rings. The summed E-state index contributed by atoms with van der Waals surface area (Å²) in [6.07, 6.45) is -12.8. The fraction of sp³-hybridized carbons (Fsp3) is 0.917. The van der Waals surface area contributed by atoms with Crippen molar-refractivity contribution in [3.05, 3.63) is 0 Å². The highest BCUT2D eigenvalue weighted by Crippen LogP contribution is 2.50. The van der Waals surface area contributed by atoms with Crippen LogP contribution in [0.15, 0.2) is 0 Å². The van der Waals surface area contributed by atoms with Crippen LogP contribution in [0.1, 0.15) is 32.6 Å². The molecular formula is C12H25O16P3. The number of esters is 1. The number of phosphoric acid groups is 3. The lowest BCUT2D eigenvalue weighted by molar-refractivity contribution is -0.224. The summed E-state index contributed by atoms with van der Waals surface area (Å²) in [6, 6.07) is 0. The Morgan fingerprint density at radius 3 is 1.52 bits per heavy atom. The minimum atomic E-state index is -5.57. The van der Waals surface area contributed by atoms with Gasteiger partial charge < -0.3 is 44.3 Å². The van der Waals surface area contributed by atoms with E-state index in [1.54, 1.807) is 0 Å². The summed E-state index contributed by atoms with van der Waals surface area (Å²) in [5.41, 5.74) is 0. The van der Waals surface area contributed by atoms with E-state index in [1.165, 1.54) is 0 Å². The first kappa shape index (κ1) is 28.8. The average Bonchev–Trinajstić information content (AvgIpc) is 2.56. The van der Waals surface area contributed by atoms with Crippen LogP contribution in [-0.4, -0.2) is 82.2 Å². The van der Waals surface area contributed by atoms with Crippen LogP contribution < -0.4 is 0 Å². The minimum Gasteiger partial charge on any atom is -0.457 e. The normalized spacial score (nSPS) is 30.2. The van der Waals surface area contributed by atoms with Gasteiger partial charge in [0, 0.05) is 6.42 Å². The Morgan fingerprint density at radius 1 is 0.710 bits per heavy atom. The van der Waals surface area contributed by atoms with Crippen molar-refractivity contribution in [1.82, 2.24) is 0 Å². The fourth-order valence-corrected chi connectivity index (χ4v) is 4.53. The molecule has 0 aromatic heterocycles. The van der Waals surface area contributed by atoms with Gasteiger partial charge in [0.25, 0.3) is 0 Å². The van der Waals surface area contributed by atoms with Crippen molar-refractivity contribution in [3.63, 3.8) is 0 Å². The lowest BCUT2D eigenvalue weighted by Crippen LogP contribution is -2.66. The third-order valence-corrected chi connectivity index (χ3v) is 5.58. The van der Waals surface area contributed by atoms with Gasteiger partial charge in [-0.3, -0.25) is 18.4 Å². The molecule has 1 fully saturated rings. The number of unbranched alkanes of at least 4 members (excludes halogenated alkanes) is 2. The van der Waals surface area contributed by atoms with Crippen molar-refractivity contribution >= 4 is 29.4 Å². The standard InChI is InChI=1S/C12H25O16P3/c1-2-3-4-5-6(13)25-9-7(14)8(15)10(26-29(16,17)18)12(28-31(22,23)24)11(9)27-30(19,20)21/h7-12,14-15H,2-5H2,1H3,(H2,16,17,18)(H2,19,20,21)(H2,22,23,24)/t7-,8-,9+,10-,11-,12-/m0/s1. The number of carbonyl (C=O) groups excluding carboxylic acids is 1. The molecule has 1 rings (SSSR count). The molecule has 6 atom stereocenters. The average molecular weight is 518 g/mol. The number of ether oxygens (including phenoxy) is 1. The zero-order chi connectivity index (χ0) is 24.2. The summed E-state index contributed by atoms with van der Waals surface area (Å²) in [5, 5.41) is 20.5. The molecule has 19 heteroatoms. The van der Waals surface area contributed by atoms with E-state index in [-0.39, 0.29) is 6.42 Å². The molecule has 1 aliphatic rings. The zero-order valence-electron chi connectivity index (χ0n) is 16.0. The van der Waals surface area contributed by atoms with Gasteiger partial charge in [0.05, 0.1) is 0 Å². The van der Waals surface area contributed by atoms with Gasteiger partial charge in [-0.05, 0) is 6.42 Å². The number of rotatable bonds is 11. The van der Waals surface area contributed by atoms with Gasteiger partial charge in [-0.25, -0.2) is 13.7 Å². The van der Waals surface area contributed by atoms with Crippen LogP contribution in [0.3, 0.4) is 0 Å². The topological polar surface area (TPSA) is 267 Å². The predicted octanol–water partition coefficient (Wildman–Crippen LogP) is -1.35. The number of carbonyl (C=O) groups is 1. The van der Waals surface area contributed by atoms with Gasteiger partial charge in [0.15, 0.2) is 6.10 Å². The molecule has 0 radical (unpaired) electrons. The van der Waals surface area contributed by atoms with E-state index < -0.39 is 66.1 Å². The summed E-state index contributed by atoms with van der Waals surface area (Å²) in [4.78, 5) is 66.5. The lowest BCUT2D eigenvalue weighted by atomic mass is 9.85. The van der Waals surface area contributed by atoms with Crippen LogP contribution in [0.5, 0.6) is 0 Å². The predicted molar refractivity (Wildman–Crippen MR) is 96.8 cm³/mol. The van der Waals surface area contributed by atoms with Crippen LogP contribution in [0.25, 0.3) is 0 Å². The van der Waals surface area contributed by atoms with Crippen molar-refractivity contribution in [1.29, 1.82) is 0 Å². The highest BCUT2D eigenvalue weighted by molar-refractivity contribution is 7.47. The summed E-state index contributed by atoms with van der Waals surface area (Å²) in [6.45, 7) is 1.83. The summed E-state index contributed by atoms with van der Waals surface area (Å²) in [7, 11) is -16.6. The molecule has 8 N–H and O–H groups in total.